The second-order valence-corrected chi connectivity index (χ2v) is 5.42. The predicted octanol–water partition coefficient (Wildman–Crippen LogP) is 1.76. The summed E-state index contributed by atoms with van der Waals surface area (Å²) in [5, 5.41) is 0. The molecule has 0 unspecified atom stereocenters. The summed E-state index contributed by atoms with van der Waals surface area (Å²) >= 11 is 0. The summed E-state index contributed by atoms with van der Waals surface area (Å²) in [7, 11) is 0. The van der Waals surface area contributed by atoms with Crippen molar-refractivity contribution < 1.29 is 4.79 Å². The molecule has 106 valence electrons. The average molecular weight is 264 g/mol. The lowest BCUT2D eigenvalue weighted by atomic mass is 10.0. The third-order valence-electron chi connectivity index (χ3n) is 3.24. The lowest BCUT2D eigenvalue weighted by molar-refractivity contribution is -0.137. The van der Waals surface area contributed by atoms with Crippen molar-refractivity contribution in [1.29, 1.82) is 0 Å². The van der Waals surface area contributed by atoms with Crippen LogP contribution in [0.25, 0.3) is 0 Å². The molecule has 0 aliphatic carbocycles. The molecule has 1 rings (SSSR count). The molecular formula is C14H24N4O. The Morgan fingerprint density at radius 2 is 1.84 bits per heavy atom. The Bertz CT molecular complexity index is 405. The van der Waals surface area contributed by atoms with E-state index in [1.54, 1.807) is 23.5 Å². The highest BCUT2D eigenvalue weighted by molar-refractivity contribution is 5.82. The van der Waals surface area contributed by atoms with Crippen LogP contribution >= 0.6 is 0 Å². The van der Waals surface area contributed by atoms with Crippen LogP contribution in [0.2, 0.25) is 0 Å². The SMILES string of the molecule is CC(C)[C@H](N)C(=O)N(C(C)C)[C@@H](C)c1cnccn1. The van der Waals surface area contributed by atoms with Crippen molar-refractivity contribution >= 4 is 5.91 Å². The van der Waals surface area contributed by atoms with Gasteiger partial charge in [0, 0.05) is 18.4 Å². The summed E-state index contributed by atoms with van der Waals surface area (Å²) in [4.78, 5) is 22.6. The summed E-state index contributed by atoms with van der Waals surface area (Å²) in [6.45, 7) is 9.83. The Labute approximate surface area is 115 Å². The molecule has 19 heavy (non-hydrogen) atoms. The number of aromatic nitrogens is 2. The van der Waals surface area contributed by atoms with Gasteiger partial charge < -0.3 is 10.6 Å². The van der Waals surface area contributed by atoms with E-state index in [0.717, 1.165) is 5.69 Å². The molecule has 2 atom stereocenters. The number of nitrogens with two attached hydrogens (primary N) is 1. The van der Waals surface area contributed by atoms with Crippen LogP contribution in [-0.2, 0) is 4.79 Å². The molecule has 0 aliphatic rings. The topological polar surface area (TPSA) is 72.1 Å². The van der Waals surface area contributed by atoms with Gasteiger partial charge in [0.2, 0.25) is 5.91 Å². The van der Waals surface area contributed by atoms with E-state index < -0.39 is 6.04 Å². The molecule has 0 spiro atoms. The Morgan fingerprint density at radius 1 is 1.21 bits per heavy atom. The lowest BCUT2D eigenvalue weighted by Crippen LogP contribution is -2.50. The fourth-order valence-corrected chi connectivity index (χ4v) is 2.02. The van der Waals surface area contributed by atoms with Gasteiger partial charge in [-0.25, -0.2) is 0 Å². The van der Waals surface area contributed by atoms with Gasteiger partial charge in [0.1, 0.15) is 0 Å². The van der Waals surface area contributed by atoms with Crippen molar-refractivity contribution in [1.82, 2.24) is 14.9 Å². The zero-order valence-electron chi connectivity index (χ0n) is 12.4. The van der Waals surface area contributed by atoms with E-state index in [9.17, 15) is 4.79 Å². The van der Waals surface area contributed by atoms with E-state index in [1.165, 1.54) is 0 Å². The quantitative estimate of drug-likeness (QED) is 0.879. The molecule has 0 saturated carbocycles. The van der Waals surface area contributed by atoms with Crippen LogP contribution in [0.3, 0.4) is 0 Å². The van der Waals surface area contributed by atoms with E-state index in [1.807, 2.05) is 34.6 Å². The van der Waals surface area contributed by atoms with Crippen LogP contribution in [0.5, 0.6) is 0 Å². The van der Waals surface area contributed by atoms with Gasteiger partial charge in [-0.05, 0) is 26.7 Å². The number of rotatable bonds is 5. The minimum atomic E-state index is -0.485. The second kappa shape index (κ2) is 6.61. The molecule has 1 heterocycles. The Balaban J connectivity index is 2.98. The molecule has 0 fully saturated rings. The third-order valence-corrected chi connectivity index (χ3v) is 3.24. The molecule has 5 heteroatoms. The average Bonchev–Trinajstić information content (AvgIpc) is 2.38. The van der Waals surface area contributed by atoms with Crippen LogP contribution in [0.4, 0.5) is 0 Å². The number of carbonyl (C=O) groups excluding carboxylic acids is 1. The number of nitrogens with zero attached hydrogens (tertiary/aromatic N) is 3. The lowest BCUT2D eigenvalue weighted by Gasteiger charge is -2.35. The molecule has 0 saturated heterocycles. The molecule has 0 radical (unpaired) electrons. The van der Waals surface area contributed by atoms with Gasteiger partial charge in [-0.3, -0.25) is 14.8 Å². The van der Waals surface area contributed by atoms with Crippen LogP contribution < -0.4 is 5.73 Å². The van der Waals surface area contributed by atoms with Crippen LogP contribution in [0, 0.1) is 5.92 Å². The molecular weight excluding hydrogens is 240 g/mol. The molecule has 1 amide bonds. The fourth-order valence-electron chi connectivity index (χ4n) is 2.02. The first-order chi connectivity index (χ1) is 8.86. The van der Waals surface area contributed by atoms with Crippen molar-refractivity contribution in [2.45, 2.75) is 52.7 Å². The van der Waals surface area contributed by atoms with Crippen molar-refractivity contribution in [3.05, 3.63) is 24.3 Å². The van der Waals surface area contributed by atoms with Crippen molar-refractivity contribution in [2.75, 3.05) is 0 Å². The van der Waals surface area contributed by atoms with Crippen LogP contribution in [0.1, 0.15) is 46.4 Å². The van der Waals surface area contributed by atoms with Crippen LogP contribution in [-0.4, -0.2) is 32.9 Å². The first-order valence-corrected chi connectivity index (χ1v) is 6.70. The summed E-state index contributed by atoms with van der Waals surface area (Å²) in [5.41, 5.74) is 6.77. The summed E-state index contributed by atoms with van der Waals surface area (Å²) < 4.78 is 0. The molecule has 0 aromatic carbocycles. The first kappa shape index (κ1) is 15.6. The highest BCUT2D eigenvalue weighted by Crippen LogP contribution is 2.22. The van der Waals surface area contributed by atoms with Gasteiger partial charge >= 0.3 is 0 Å². The summed E-state index contributed by atoms with van der Waals surface area (Å²) in [5.74, 6) is 0.0750. The Morgan fingerprint density at radius 3 is 2.26 bits per heavy atom. The van der Waals surface area contributed by atoms with E-state index in [4.69, 9.17) is 5.73 Å². The van der Waals surface area contributed by atoms with Gasteiger partial charge in [0.05, 0.1) is 24.0 Å². The van der Waals surface area contributed by atoms with E-state index in [0.29, 0.717) is 0 Å². The van der Waals surface area contributed by atoms with Gasteiger partial charge in [-0.15, -0.1) is 0 Å². The maximum Gasteiger partial charge on any atom is 0.240 e. The minimum Gasteiger partial charge on any atom is -0.331 e. The van der Waals surface area contributed by atoms with Gasteiger partial charge in [-0.1, -0.05) is 13.8 Å². The minimum absolute atomic E-state index is 0.0387. The van der Waals surface area contributed by atoms with E-state index >= 15 is 0 Å². The third kappa shape index (κ3) is 3.73. The number of hydrogen-bond acceptors (Lipinski definition) is 4. The second-order valence-electron chi connectivity index (χ2n) is 5.42. The molecule has 1 aromatic heterocycles. The van der Waals surface area contributed by atoms with Gasteiger partial charge in [-0.2, -0.15) is 0 Å². The van der Waals surface area contributed by atoms with Crippen LogP contribution in [0.15, 0.2) is 18.6 Å². The first-order valence-electron chi connectivity index (χ1n) is 6.70. The normalized spacial score (nSPS) is 14.5. The zero-order chi connectivity index (χ0) is 14.6. The van der Waals surface area contributed by atoms with Crippen molar-refractivity contribution in [2.24, 2.45) is 11.7 Å². The summed E-state index contributed by atoms with van der Waals surface area (Å²) in [6, 6.07) is -0.554. The maximum absolute atomic E-state index is 12.5. The maximum atomic E-state index is 12.5. The predicted molar refractivity (Wildman–Crippen MR) is 75.2 cm³/mol. The smallest absolute Gasteiger partial charge is 0.240 e. The standard InChI is InChI=1S/C14H24N4O/c1-9(2)13(15)14(19)18(10(3)4)11(5)12-8-16-6-7-17-12/h6-11,13H,15H2,1-5H3/t11-,13-/m0/s1. The largest absolute Gasteiger partial charge is 0.331 e. The highest BCUT2D eigenvalue weighted by atomic mass is 16.2. The van der Waals surface area contributed by atoms with Crippen molar-refractivity contribution in [3.63, 3.8) is 0 Å². The summed E-state index contributed by atoms with van der Waals surface area (Å²) in [6.07, 6.45) is 4.95. The molecule has 0 bridgehead atoms. The Kier molecular flexibility index (Phi) is 5.42. The number of amides is 1. The van der Waals surface area contributed by atoms with Crippen molar-refractivity contribution in [3.8, 4) is 0 Å². The number of carbonyl (C=O) groups is 1. The van der Waals surface area contributed by atoms with Gasteiger partial charge in [0.15, 0.2) is 0 Å². The molecule has 1 aromatic rings. The highest BCUT2D eigenvalue weighted by Gasteiger charge is 2.30. The van der Waals surface area contributed by atoms with E-state index in [2.05, 4.69) is 9.97 Å². The monoisotopic (exact) mass is 264 g/mol. The zero-order valence-corrected chi connectivity index (χ0v) is 12.4. The van der Waals surface area contributed by atoms with E-state index in [-0.39, 0.29) is 23.9 Å². The Hall–Kier alpha value is -1.49. The number of hydrogen-bond donors (Lipinski definition) is 1. The molecule has 5 nitrogen and oxygen atoms in total. The van der Waals surface area contributed by atoms with Gasteiger partial charge in [0.25, 0.3) is 0 Å². The fraction of sp³-hybridized carbons (Fsp3) is 0.643. The molecule has 2 N–H and O–H groups in total. The molecule has 0 aliphatic heterocycles.